The van der Waals surface area contributed by atoms with E-state index in [9.17, 15) is 0 Å². The zero-order valence-electron chi connectivity index (χ0n) is 18.3. The van der Waals surface area contributed by atoms with E-state index in [0.29, 0.717) is 0 Å². The summed E-state index contributed by atoms with van der Waals surface area (Å²) in [4.78, 5) is 7.49. The van der Waals surface area contributed by atoms with Gasteiger partial charge in [0.05, 0.1) is 11.2 Å². The molecule has 5 rings (SSSR count). The van der Waals surface area contributed by atoms with E-state index < -0.39 is 0 Å². The minimum absolute atomic E-state index is 0.0506. The van der Waals surface area contributed by atoms with Gasteiger partial charge in [-0.2, -0.15) is 0 Å². The molecule has 0 saturated heterocycles. The van der Waals surface area contributed by atoms with E-state index in [4.69, 9.17) is 4.98 Å². The Morgan fingerprint density at radius 1 is 0.844 bits per heavy atom. The molecule has 3 aromatic carbocycles. The number of anilines is 1. The highest BCUT2D eigenvalue weighted by Crippen LogP contribution is 2.37. The predicted molar refractivity (Wildman–Crippen MR) is 135 cm³/mol. The molecule has 0 N–H and O–H groups in total. The van der Waals surface area contributed by atoms with E-state index in [1.54, 1.807) is 0 Å². The summed E-state index contributed by atoms with van der Waals surface area (Å²) in [7, 11) is 0. The zero-order chi connectivity index (χ0) is 21.8. The maximum Gasteiger partial charge on any atom is 0.118 e. The summed E-state index contributed by atoms with van der Waals surface area (Å²) < 4.78 is 0. The normalized spacial score (nSPS) is 15.0. The fourth-order valence-electron chi connectivity index (χ4n) is 4.27. The molecule has 1 atom stereocenters. The molecule has 2 nitrogen and oxygen atoms in total. The molecule has 2 heterocycles. The second-order valence-electron chi connectivity index (χ2n) is 8.13. The van der Waals surface area contributed by atoms with E-state index in [1.165, 1.54) is 11.3 Å². The predicted octanol–water partition coefficient (Wildman–Crippen LogP) is 6.82. The first-order valence-corrected chi connectivity index (χ1v) is 11.3. The molecule has 1 aliphatic rings. The lowest BCUT2D eigenvalue weighted by molar-refractivity contribution is 0.715. The van der Waals surface area contributed by atoms with Crippen LogP contribution in [0.3, 0.4) is 0 Å². The molecule has 2 heteroatoms. The molecule has 1 aromatic heterocycles. The van der Waals surface area contributed by atoms with Gasteiger partial charge in [-0.05, 0) is 48.4 Å². The number of benzene rings is 3. The number of para-hydroxylation sites is 2. The highest BCUT2D eigenvalue weighted by Gasteiger charge is 2.28. The average Bonchev–Trinajstić information content (AvgIpc) is 2.86. The van der Waals surface area contributed by atoms with Crippen molar-refractivity contribution in [2.75, 3.05) is 11.4 Å². The minimum atomic E-state index is -0.0506. The van der Waals surface area contributed by atoms with Crippen LogP contribution < -0.4 is 4.90 Å². The zero-order valence-corrected chi connectivity index (χ0v) is 18.3. The van der Waals surface area contributed by atoms with E-state index >= 15 is 0 Å². The summed E-state index contributed by atoms with van der Waals surface area (Å²) in [6.45, 7) is 3.20. The number of fused-ring (bicyclic) bond motifs is 2. The van der Waals surface area contributed by atoms with Crippen LogP contribution in [0.2, 0.25) is 0 Å². The Morgan fingerprint density at radius 2 is 1.62 bits per heavy atom. The summed E-state index contributed by atoms with van der Waals surface area (Å²) in [5, 5.41) is 1.16. The first kappa shape index (κ1) is 20.1. The van der Waals surface area contributed by atoms with Gasteiger partial charge in [0.2, 0.25) is 0 Å². The largest absolute Gasteiger partial charge is 0.353 e. The monoisotopic (exact) mass is 414 g/mol. The van der Waals surface area contributed by atoms with Crippen LogP contribution in [0.25, 0.3) is 22.6 Å². The van der Waals surface area contributed by atoms with Crippen molar-refractivity contribution in [2.24, 2.45) is 0 Å². The third-order valence-electron chi connectivity index (χ3n) is 5.94. The van der Waals surface area contributed by atoms with Gasteiger partial charge < -0.3 is 4.90 Å². The van der Waals surface area contributed by atoms with Crippen LogP contribution in [-0.2, 0) is 0 Å². The second-order valence-corrected chi connectivity index (χ2v) is 8.13. The molecule has 156 valence electrons. The lowest BCUT2D eigenvalue weighted by atomic mass is 9.92. The molecule has 0 spiro atoms. The topological polar surface area (TPSA) is 16.1 Å². The minimum Gasteiger partial charge on any atom is -0.353 e. The van der Waals surface area contributed by atoms with Gasteiger partial charge in [0, 0.05) is 28.8 Å². The molecule has 0 amide bonds. The van der Waals surface area contributed by atoms with Crippen molar-refractivity contribution in [1.82, 2.24) is 4.98 Å². The van der Waals surface area contributed by atoms with E-state index in [0.717, 1.165) is 47.1 Å². The number of aromatic nitrogens is 1. The molecule has 0 bridgehead atoms. The first-order valence-electron chi connectivity index (χ1n) is 11.3. The quantitative estimate of drug-likeness (QED) is 0.341. The Morgan fingerprint density at radius 3 is 2.50 bits per heavy atom. The highest BCUT2D eigenvalue weighted by molar-refractivity contribution is 5.95. The molecule has 0 saturated carbocycles. The fraction of sp³-hybridized carbons (Fsp3) is 0.167. The smallest absolute Gasteiger partial charge is 0.118 e. The Bertz CT molecular complexity index is 1330. The maximum absolute atomic E-state index is 5.03. The van der Waals surface area contributed by atoms with Crippen LogP contribution in [0, 0.1) is 11.8 Å². The van der Waals surface area contributed by atoms with Gasteiger partial charge in [0.1, 0.15) is 6.04 Å². The van der Waals surface area contributed by atoms with Crippen molar-refractivity contribution >= 4 is 28.2 Å². The number of rotatable bonds is 4. The molecule has 0 radical (unpaired) electrons. The summed E-state index contributed by atoms with van der Waals surface area (Å²) in [6.07, 6.45) is 4.54. The van der Waals surface area contributed by atoms with E-state index in [1.807, 2.05) is 24.3 Å². The van der Waals surface area contributed by atoms with Crippen LogP contribution in [0.1, 0.15) is 36.6 Å². The van der Waals surface area contributed by atoms with Crippen LogP contribution in [0.5, 0.6) is 0 Å². The van der Waals surface area contributed by atoms with Crippen molar-refractivity contribution in [1.29, 1.82) is 0 Å². The molecular formula is C30H26N2. The maximum atomic E-state index is 5.03. The standard InChI is InChI=1S/C30H26N2/c1-2-3-21-32-29-16-10-8-14-25(29)22-26(30(32)20-17-23-11-5-4-6-12-23)28-19-18-24-13-7-9-15-27(24)31-28/h4-16,18-19,22,30H,2-3,21H2,1H3. The highest BCUT2D eigenvalue weighted by atomic mass is 15.2. The van der Waals surface area contributed by atoms with Crippen LogP contribution in [0.15, 0.2) is 91.0 Å². The second kappa shape index (κ2) is 9.12. The third-order valence-corrected chi connectivity index (χ3v) is 5.94. The van der Waals surface area contributed by atoms with E-state index in [2.05, 4.69) is 96.5 Å². The number of hydrogen-bond acceptors (Lipinski definition) is 2. The van der Waals surface area contributed by atoms with Crippen molar-refractivity contribution in [3.63, 3.8) is 0 Å². The van der Waals surface area contributed by atoms with Crippen molar-refractivity contribution < 1.29 is 0 Å². The van der Waals surface area contributed by atoms with Crippen molar-refractivity contribution in [3.05, 3.63) is 108 Å². The Balaban J connectivity index is 1.66. The Hall–Kier alpha value is -3.83. The molecule has 4 aromatic rings. The summed E-state index contributed by atoms with van der Waals surface area (Å²) in [6, 6.07) is 31.4. The summed E-state index contributed by atoms with van der Waals surface area (Å²) in [5.74, 6) is 7.03. The van der Waals surface area contributed by atoms with Crippen molar-refractivity contribution in [3.8, 4) is 11.8 Å². The van der Waals surface area contributed by atoms with Gasteiger partial charge in [-0.15, -0.1) is 0 Å². The molecule has 32 heavy (non-hydrogen) atoms. The van der Waals surface area contributed by atoms with Gasteiger partial charge >= 0.3 is 0 Å². The average molecular weight is 415 g/mol. The number of pyridine rings is 1. The lowest BCUT2D eigenvalue weighted by Gasteiger charge is -2.36. The lowest BCUT2D eigenvalue weighted by Crippen LogP contribution is -2.38. The molecule has 0 aliphatic carbocycles. The SMILES string of the molecule is CCCCN1c2ccccc2C=C(c2ccc3ccccc3n2)C1C#Cc1ccccc1. The number of unbranched alkanes of at least 4 members (excludes halogenated alkanes) is 1. The van der Waals surface area contributed by atoms with Gasteiger partial charge in [-0.3, -0.25) is 0 Å². The van der Waals surface area contributed by atoms with Gasteiger partial charge in [0.25, 0.3) is 0 Å². The summed E-state index contributed by atoms with van der Waals surface area (Å²) in [5.41, 5.74) is 6.68. The van der Waals surface area contributed by atoms with Gasteiger partial charge in [0.15, 0.2) is 0 Å². The molecule has 0 fully saturated rings. The Kier molecular flexibility index (Phi) is 5.73. The van der Waals surface area contributed by atoms with Crippen LogP contribution >= 0.6 is 0 Å². The Labute approximate surface area is 190 Å². The summed E-state index contributed by atoms with van der Waals surface area (Å²) >= 11 is 0. The van der Waals surface area contributed by atoms with Crippen LogP contribution in [-0.4, -0.2) is 17.6 Å². The van der Waals surface area contributed by atoms with Crippen molar-refractivity contribution in [2.45, 2.75) is 25.8 Å². The molecule has 1 unspecified atom stereocenters. The first-order chi connectivity index (χ1) is 15.8. The molecular weight excluding hydrogens is 388 g/mol. The van der Waals surface area contributed by atoms with E-state index in [-0.39, 0.29) is 6.04 Å². The molecule has 1 aliphatic heterocycles. The van der Waals surface area contributed by atoms with Gasteiger partial charge in [-0.25, -0.2) is 4.98 Å². The van der Waals surface area contributed by atoms with Crippen LogP contribution in [0.4, 0.5) is 5.69 Å². The number of nitrogens with zero attached hydrogens (tertiary/aromatic N) is 2. The fourth-order valence-corrected chi connectivity index (χ4v) is 4.27. The number of hydrogen-bond donors (Lipinski definition) is 0. The van der Waals surface area contributed by atoms with Gasteiger partial charge in [-0.1, -0.05) is 85.8 Å². The third kappa shape index (κ3) is 4.03.